The van der Waals surface area contributed by atoms with Gasteiger partial charge in [-0.1, -0.05) is 17.7 Å². The topological polar surface area (TPSA) is 49.3 Å². The van der Waals surface area contributed by atoms with Crippen molar-refractivity contribution in [3.8, 4) is 0 Å². The molecule has 2 rings (SSSR count). The fourth-order valence-electron chi connectivity index (χ4n) is 1.61. The molecule has 2 N–H and O–H groups in total. The number of aliphatic hydroxyl groups is 1. The van der Waals surface area contributed by atoms with Crippen molar-refractivity contribution in [1.29, 1.82) is 0 Å². The molecule has 0 fully saturated rings. The molecule has 3 nitrogen and oxygen atoms in total. The van der Waals surface area contributed by atoms with Crippen LogP contribution in [-0.2, 0) is 10.5 Å². The number of alkyl halides is 3. The first-order chi connectivity index (χ1) is 11.1. The zero-order valence-electron chi connectivity index (χ0n) is 12.4. The van der Waals surface area contributed by atoms with Crippen molar-refractivity contribution < 1.29 is 23.1 Å². The smallest absolute Gasteiger partial charge is 0.373 e. The minimum Gasteiger partial charge on any atom is -0.373 e. The molecule has 1 amide bonds. The number of hydrogen-bond donors (Lipinski definition) is 2. The lowest BCUT2D eigenvalue weighted by molar-refractivity contribution is -0.242. The Labute approximate surface area is 149 Å². The summed E-state index contributed by atoms with van der Waals surface area (Å²) in [5, 5.41) is 13.4. The molecule has 0 aliphatic rings. The first-order valence-corrected chi connectivity index (χ1v) is 8.91. The van der Waals surface area contributed by atoms with Crippen molar-refractivity contribution in [1.82, 2.24) is 0 Å². The highest BCUT2D eigenvalue weighted by Crippen LogP contribution is 2.34. The largest absolute Gasteiger partial charge is 0.426 e. The summed E-state index contributed by atoms with van der Waals surface area (Å²) in [5.74, 6) is -0.849. The molecule has 1 aromatic carbocycles. The fraction of sp³-hybridized carbons (Fsp3) is 0.267. The van der Waals surface area contributed by atoms with Crippen LogP contribution >= 0.6 is 34.7 Å². The average molecular weight is 396 g/mol. The van der Waals surface area contributed by atoms with Gasteiger partial charge in [-0.15, -0.1) is 23.1 Å². The lowest BCUT2D eigenvalue weighted by atomic mass is 10.1. The number of thiophene rings is 1. The summed E-state index contributed by atoms with van der Waals surface area (Å²) in [6.45, 7) is 0.390. The van der Waals surface area contributed by atoms with Gasteiger partial charge in [-0.3, -0.25) is 4.79 Å². The molecule has 1 atom stereocenters. The minimum atomic E-state index is -5.08. The van der Waals surface area contributed by atoms with E-state index in [9.17, 15) is 23.1 Å². The Kier molecular flexibility index (Phi) is 5.85. The van der Waals surface area contributed by atoms with Crippen LogP contribution in [0.2, 0.25) is 5.02 Å². The van der Waals surface area contributed by atoms with Crippen LogP contribution in [-0.4, -0.2) is 22.8 Å². The summed E-state index contributed by atoms with van der Waals surface area (Å²) in [7, 11) is 0. The Hall–Kier alpha value is -1.22. The molecule has 0 aliphatic heterocycles. The van der Waals surface area contributed by atoms with Gasteiger partial charge in [-0.25, -0.2) is 0 Å². The van der Waals surface area contributed by atoms with E-state index < -0.39 is 17.7 Å². The normalized spacial score (nSPS) is 14.2. The van der Waals surface area contributed by atoms with Crippen LogP contribution in [0, 0.1) is 0 Å². The highest BCUT2D eigenvalue weighted by atomic mass is 35.5. The van der Waals surface area contributed by atoms with E-state index in [1.165, 1.54) is 22.7 Å². The molecular weight excluding hydrogens is 383 g/mol. The first-order valence-electron chi connectivity index (χ1n) is 6.66. The maximum atomic E-state index is 12.6. The molecule has 1 heterocycles. The summed E-state index contributed by atoms with van der Waals surface area (Å²) in [5.41, 5.74) is -3.49. The minimum absolute atomic E-state index is 0.00617. The highest BCUT2D eigenvalue weighted by Gasteiger charge is 2.55. The standard InChI is InChI=1S/C15H13ClF3NO2S2/c1-14(22,15(17,18)19)13(21)20-12-5-4-9(7-11(12)16)24-8-10-3-2-6-23-10/h2-7,22H,8H2,1H3,(H,20,21). The summed E-state index contributed by atoms with van der Waals surface area (Å²) in [6.07, 6.45) is -5.08. The molecule has 1 aromatic heterocycles. The molecule has 0 spiro atoms. The van der Waals surface area contributed by atoms with Gasteiger partial charge >= 0.3 is 6.18 Å². The molecule has 130 valence electrons. The highest BCUT2D eigenvalue weighted by molar-refractivity contribution is 7.98. The zero-order chi connectivity index (χ0) is 18.0. The molecule has 1 unspecified atom stereocenters. The monoisotopic (exact) mass is 395 g/mol. The quantitative estimate of drug-likeness (QED) is 0.704. The number of anilines is 1. The van der Waals surface area contributed by atoms with Gasteiger partial charge in [0.25, 0.3) is 5.91 Å². The number of thioether (sulfide) groups is 1. The van der Waals surface area contributed by atoms with Crippen molar-refractivity contribution in [2.75, 3.05) is 5.32 Å². The number of rotatable bonds is 5. The maximum Gasteiger partial charge on any atom is 0.426 e. The van der Waals surface area contributed by atoms with E-state index in [1.807, 2.05) is 22.8 Å². The van der Waals surface area contributed by atoms with Crippen molar-refractivity contribution >= 4 is 46.3 Å². The maximum absolute atomic E-state index is 12.6. The fourth-order valence-corrected chi connectivity index (χ4v) is 3.61. The van der Waals surface area contributed by atoms with Gasteiger partial charge in [0.1, 0.15) is 0 Å². The zero-order valence-corrected chi connectivity index (χ0v) is 14.7. The SMILES string of the molecule is CC(O)(C(=O)Nc1ccc(SCc2cccs2)cc1Cl)C(F)(F)F. The predicted octanol–water partition coefficient (Wildman–Crippen LogP) is 4.95. The lowest BCUT2D eigenvalue weighted by Crippen LogP contribution is -2.52. The van der Waals surface area contributed by atoms with Gasteiger partial charge in [0.05, 0.1) is 10.7 Å². The molecule has 0 bridgehead atoms. The molecule has 2 aromatic rings. The summed E-state index contributed by atoms with van der Waals surface area (Å²) in [6, 6.07) is 8.54. The molecule has 0 saturated carbocycles. The Morgan fingerprint density at radius 2 is 2.08 bits per heavy atom. The number of nitrogens with one attached hydrogen (secondary N) is 1. The summed E-state index contributed by atoms with van der Waals surface area (Å²) >= 11 is 9.14. The van der Waals surface area contributed by atoms with Crippen molar-refractivity contribution in [2.45, 2.75) is 29.3 Å². The van der Waals surface area contributed by atoms with E-state index in [0.29, 0.717) is 6.92 Å². The van der Waals surface area contributed by atoms with Crippen LogP contribution in [0.3, 0.4) is 0 Å². The van der Waals surface area contributed by atoms with E-state index in [1.54, 1.807) is 23.5 Å². The molecular formula is C15H13ClF3NO2S2. The van der Waals surface area contributed by atoms with Crippen LogP contribution in [0.5, 0.6) is 0 Å². The first kappa shape index (κ1) is 19.1. The number of carbonyl (C=O) groups is 1. The Morgan fingerprint density at radius 1 is 1.38 bits per heavy atom. The van der Waals surface area contributed by atoms with Gasteiger partial charge in [0, 0.05) is 15.5 Å². The molecule has 0 saturated heterocycles. The second kappa shape index (κ2) is 7.35. The average Bonchev–Trinajstić information content (AvgIpc) is 2.99. The number of benzene rings is 1. The van der Waals surface area contributed by atoms with Crippen molar-refractivity contribution in [2.24, 2.45) is 0 Å². The van der Waals surface area contributed by atoms with E-state index in [0.717, 1.165) is 10.6 Å². The van der Waals surface area contributed by atoms with E-state index in [-0.39, 0.29) is 10.7 Å². The summed E-state index contributed by atoms with van der Waals surface area (Å²) < 4.78 is 37.9. The van der Waals surface area contributed by atoms with Crippen LogP contribution in [0.25, 0.3) is 0 Å². The van der Waals surface area contributed by atoms with Crippen LogP contribution in [0.15, 0.2) is 40.6 Å². The number of halogens is 4. The van der Waals surface area contributed by atoms with Crippen molar-refractivity contribution in [3.05, 3.63) is 45.6 Å². The van der Waals surface area contributed by atoms with Gasteiger partial charge in [0.2, 0.25) is 5.60 Å². The van der Waals surface area contributed by atoms with E-state index in [2.05, 4.69) is 0 Å². The Morgan fingerprint density at radius 3 is 2.62 bits per heavy atom. The number of amides is 1. The second-order valence-electron chi connectivity index (χ2n) is 5.03. The third-order valence-electron chi connectivity index (χ3n) is 3.14. The second-order valence-corrected chi connectivity index (χ2v) is 7.52. The van der Waals surface area contributed by atoms with Gasteiger partial charge < -0.3 is 10.4 Å². The molecule has 9 heteroatoms. The van der Waals surface area contributed by atoms with E-state index >= 15 is 0 Å². The molecule has 24 heavy (non-hydrogen) atoms. The molecule has 0 radical (unpaired) electrons. The van der Waals surface area contributed by atoms with E-state index in [4.69, 9.17) is 11.6 Å². The molecule has 0 aliphatic carbocycles. The van der Waals surface area contributed by atoms with Crippen LogP contribution < -0.4 is 5.32 Å². The van der Waals surface area contributed by atoms with Crippen LogP contribution in [0.1, 0.15) is 11.8 Å². The van der Waals surface area contributed by atoms with Gasteiger partial charge in [-0.05, 0) is 36.6 Å². The van der Waals surface area contributed by atoms with Gasteiger partial charge in [0.15, 0.2) is 0 Å². The Bertz CT molecular complexity index is 718. The third kappa shape index (κ3) is 4.44. The number of hydrogen-bond acceptors (Lipinski definition) is 4. The number of carbonyl (C=O) groups excluding carboxylic acids is 1. The van der Waals surface area contributed by atoms with Gasteiger partial charge in [-0.2, -0.15) is 13.2 Å². The predicted molar refractivity (Wildman–Crippen MR) is 90.6 cm³/mol. The Balaban J connectivity index is 2.06. The third-order valence-corrected chi connectivity index (χ3v) is 5.56. The summed E-state index contributed by atoms with van der Waals surface area (Å²) in [4.78, 5) is 13.6. The lowest BCUT2D eigenvalue weighted by Gasteiger charge is -2.25. The van der Waals surface area contributed by atoms with Crippen molar-refractivity contribution in [3.63, 3.8) is 0 Å². The van der Waals surface area contributed by atoms with Crippen LogP contribution in [0.4, 0.5) is 18.9 Å².